The van der Waals surface area contributed by atoms with Crippen molar-refractivity contribution in [2.45, 2.75) is 32.9 Å². The number of hydrogen-bond acceptors (Lipinski definition) is 3. The van der Waals surface area contributed by atoms with Crippen LogP contribution in [0.25, 0.3) is 0 Å². The van der Waals surface area contributed by atoms with Gasteiger partial charge in [0.05, 0.1) is 4.88 Å². The van der Waals surface area contributed by atoms with E-state index in [0.717, 1.165) is 22.4 Å². The zero-order valence-electron chi connectivity index (χ0n) is 14.2. The van der Waals surface area contributed by atoms with Crippen LogP contribution in [0.2, 0.25) is 5.02 Å². The van der Waals surface area contributed by atoms with Gasteiger partial charge in [-0.1, -0.05) is 29.8 Å². The molecule has 3 aromatic rings. The standard InChI is InChI=1S/C20H20ClNOS2/c1-14-9-11-25-19(14)20(23)22(13-16-5-7-17(21)8-6-16)15(2)12-18-4-3-10-24-18/h3-11,15H,12-13H2,1-2H3/t15-/m1/s1. The van der Waals surface area contributed by atoms with Crippen molar-refractivity contribution in [3.63, 3.8) is 0 Å². The molecule has 0 radical (unpaired) electrons. The second kappa shape index (κ2) is 8.17. The number of halogens is 1. The van der Waals surface area contributed by atoms with Crippen molar-refractivity contribution in [3.05, 3.63) is 79.1 Å². The minimum absolute atomic E-state index is 0.103. The quantitative estimate of drug-likeness (QED) is 0.502. The highest BCUT2D eigenvalue weighted by Crippen LogP contribution is 2.23. The maximum absolute atomic E-state index is 13.2. The third-order valence-electron chi connectivity index (χ3n) is 4.19. The largest absolute Gasteiger partial charge is 0.331 e. The smallest absolute Gasteiger partial charge is 0.264 e. The predicted octanol–water partition coefficient (Wildman–Crippen LogP) is 6.05. The van der Waals surface area contributed by atoms with Gasteiger partial charge in [-0.05, 0) is 60.0 Å². The van der Waals surface area contributed by atoms with Crippen LogP contribution in [-0.2, 0) is 13.0 Å². The molecule has 130 valence electrons. The number of carbonyl (C=O) groups is 1. The Kier molecular flexibility index (Phi) is 5.94. The lowest BCUT2D eigenvalue weighted by molar-refractivity contribution is 0.0680. The van der Waals surface area contributed by atoms with E-state index in [1.165, 1.54) is 16.2 Å². The van der Waals surface area contributed by atoms with Crippen molar-refractivity contribution >= 4 is 40.2 Å². The fourth-order valence-electron chi connectivity index (χ4n) is 2.77. The summed E-state index contributed by atoms with van der Waals surface area (Å²) in [5, 5.41) is 4.77. The molecule has 0 aliphatic rings. The van der Waals surface area contributed by atoms with Crippen LogP contribution in [0.4, 0.5) is 0 Å². The SMILES string of the molecule is Cc1ccsc1C(=O)N(Cc1ccc(Cl)cc1)[C@H](C)Cc1cccs1. The van der Waals surface area contributed by atoms with Crippen molar-refractivity contribution in [3.8, 4) is 0 Å². The third-order valence-corrected chi connectivity index (χ3v) is 6.35. The molecule has 0 spiro atoms. The van der Waals surface area contributed by atoms with Crippen molar-refractivity contribution in [2.24, 2.45) is 0 Å². The Hall–Kier alpha value is -1.62. The molecule has 0 saturated heterocycles. The third kappa shape index (κ3) is 4.51. The number of carbonyl (C=O) groups excluding carboxylic acids is 1. The van der Waals surface area contributed by atoms with Gasteiger partial charge in [0, 0.05) is 28.9 Å². The average Bonchev–Trinajstić information content (AvgIpc) is 3.25. The lowest BCUT2D eigenvalue weighted by atomic mass is 10.1. The highest BCUT2D eigenvalue weighted by atomic mass is 35.5. The van der Waals surface area contributed by atoms with E-state index < -0.39 is 0 Å². The molecule has 2 aromatic heterocycles. The number of thiophene rings is 2. The average molecular weight is 390 g/mol. The Balaban J connectivity index is 1.85. The predicted molar refractivity (Wildman–Crippen MR) is 108 cm³/mol. The summed E-state index contributed by atoms with van der Waals surface area (Å²) in [7, 11) is 0. The normalized spacial score (nSPS) is 12.1. The number of amides is 1. The van der Waals surface area contributed by atoms with E-state index in [9.17, 15) is 4.79 Å². The topological polar surface area (TPSA) is 20.3 Å². The number of nitrogens with zero attached hydrogens (tertiary/aromatic N) is 1. The highest BCUT2D eigenvalue weighted by Gasteiger charge is 2.24. The van der Waals surface area contributed by atoms with Crippen LogP contribution in [0.3, 0.4) is 0 Å². The fraction of sp³-hybridized carbons (Fsp3) is 0.250. The lowest BCUT2D eigenvalue weighted by Gasteiger charge is -2.29. The van der Waals surface area contributed by atoms with Gasteiger partial charge in [0.1, 0.15) is 0 Å². The first-order chi connectivity index (χ1) is 12.0. The molecule has 3 rings (SSSR count). The van der Waals surface area contributed by atoms with Gasteiger partial charge in [0.15, 0.2) is 0 Å². The van der Waals surface area contributed by atoms with E-state index in [2.05, 4.69) is 24.4 Å². The van der Waals surface area contributed by atoms with Gasteiger partial charge in [-0.3, -0.25) is 4.79 Å². The second-order valence-corrected chi connectivity index (χ2v) is 8.51. The summed E-state index contributed by atoms with van der Waals surface area (Å²) in [6.07, 6.45) is 0.863. The fourth-order valence-corrected chi connectivity index (χ4v) is 4.60. The van der Waals surface area contributed by atoms with Gasteiger partial charge in [0.2, 0.25) is 0 Å². The number of hydrogen-bond donors (Lipinski definition) is 0. The van der Waals surface area contributed by atoms with Gasteiger partial charge < -0.3 is 4.90 Å². The summed E-state index contributed by atoms with van der Waals surface area (Å²) in [6, 6.07) is 14.0. The van der Waals surface area contributed by atoms with Gasteiger partial charge in [-0.2, -0.15) is 0 Å². The Morgan fingerprint density at radius 3 is 2.48 bits per heavy atom. The monoisotopic (exact) mass is 389 g/mol. The van der Waals surface area contributed by atoms with Crippen molar-refractivity contribution < 1.29 is 4.79 Å². The Morgan fingerprint density at radius 2 is 1.88 bits per heavy atom. The van der Waals surface area contributed by atoms with Gasteiger partial charge in [-0.15, -0.1) is 22.7 Å². The van der Waals surface area contributed by atoms with Crippen molar-refractivity contribution in [1.29, 1.82) is 0 Å². The summed E-state index contributed by atoms with van der Waals surface area (Å²) in [6.45, 7) is 4.70. The second-order valence-electron chi connectivity index (χ2n) is 6.12. The van der Waals surface area contributed by atoms with Crippen LogP contribution in [-0.4, -0.2) is 16.8 Å². The van der Waals surface area contributed by atoms with Crippen LogP contribution < -0.4 is 0 Å². The molecule has 0 aliphatic carbocycles. The summed E-state index contributed by atoms with van der Waals surface area (Å²) >= 11 is 9.24. The molecule has 0 bridgehead atoms. The molecule has 1 atom stereocenters. The number of aryl methyl sites for hydroxylation is 1. The summed E-state index contributed by atoms with van der Waals surface area (Å²) < 4.78 is 0. The molecule has 5 heteroatoms. The molecule has 1 aromatic carbocycles. The molecule has 1 amide bonds. The van der Waals surface area contributed by atoms with E-state index in [4.69, 9.17) is 11.6 Å². The Morgan fingerprint density at radius 1 is 1.12 bits per heavy atom. The minimum atomic E-state index is 0.103. The molecule has 0 N–H and O–H groups in total. The maximum atomic E-state index is 13.2. The molecule has 0 saturated carbocycles. The van der Waals surface area contributed by atoms with Crippen LogP contribution >= 0.6 is 34.3 Å². The first kappa shape index (κ1) is 18.2. The Labute approximate surface area is 161 Å². The Bertz CT molecular complexity index is 824. The minimum Gasteiger partial charge on any atom is -0.331 e. The van der Waals surface area contributed by atoms with Crippen LogP contribution in [0, 0.1) is 6.92 Å². The lowest BCUT2D eigenvalue weighted by Crippen LogP contribution is -2.39. The van der Waals surface area contributed by atoms with E-state index in [1.807, 2.05) is 47.5 Å². The van der Waals surface area contributed by atoms with Crippen molar-refractivity contribution in [2.75, 3.05) is 0 Å². The molecule has 25 heavy (non-hydrogen) atoms. The summed E-state index contributed by atoms with van der Waals surface area (Å²) in [4.78, 5) is 17.3. The first-order valence-corrected chi connectivity index (χ1v) is 10.3. The zero-order valence-corrected chi connectivity index (χ0v) is 16.6. The molecule has 0 fully saturated rings. The molecule has 0 unspecified atom stereocenters. The molecule has 2 nitrogen and oxygen atoms in total. The van der Waals surface area contributed by atoms with Gasteiger partial charge >= 0.3 is 0 Å². The summed E-state index contributed by atoms with van der Waals surface area (Å²) in [5.41, 5.74) is 2.13. The molecule has 2 heterocycles. The molecule has 0 aliphatic heterocycles. The maximum Gasteiger partial charge on any atom is 0.264 e. The van der Waals surface area contributed by atoms with Gasteiger partial charge in [0.25, 0.3) is 5.91 Å². The van der Waals surface area contributed by atoms with Crippen LogP contribution in [0.15, 0.2) is 53.2 Å². The molecular weight excluding hydrogens is 370 g/mol. The van der Waals surface area contributed by atoms with Crippen LogP contribution in [0.1, 0.15) is 32.6 Å². The first-order valence-electron chi connectivity index (χ1n) is 8.16. The van der Waals surface area contributed by atoms with E-state index in [1.54, 1.807) is 11.3 Å². The van der Waals surface area contributed by atoms with Gasteiger partial charge in [-0.25, -0.2) is 0 Å². The molecular formula is C20H20ClNOS2. The van der Waals surface area contributed by atoms with Crippen LogP contribution in [0.5, 0.6) is 0 Å². The van der Waals surface area contributed by atoms with E-state index in [-0.39, 0.29) is 11.9 Å². The van der Waals surface area contributed by atoms with Crippen molar-refractivity contribution in [1.82, 2.24) is 4.90 Å². The van der Waals surface area contributed by atoms with E-state index in [0.29, 0.717) is 11.6 Å². The highest BCUT2D eigenvalue weighted by molar-refractivity contribution is 7.12. The summed E-state index contributed by atoms with van der Waals surface area (Å²) in [5.74, 6) is 0.103. The van der Waals surface area contributed by atoms with E-state index >= 15 is 0 Å². The number of rotatable bonds is 6. The number of benzene rings is 1. The zero-order chi connectivity index (χ0) is 17.8.